The first-order valence-corrected chi connectivity index (χ1v) is 7.35. The molecule has 0 radical (unpaired) electrons. The molecule has 2 N–H and O–H groups in total. The first-order valence-electron chi connectivity index (χ1n) is 5.91. The van der Waals surface area contributed by atoms with Crippen LogP contribution in [0.3, 0.4) is 0 Å². The Balaban J connectivity index is 3.43. The van der Waals surface area contributed by atoms with Crippen molar-refractivity contribution >= 4 is 21.4 Å². The van der Waals surface area contributed by atoms with Gasteiger partial charge in [0, 0.05) is 32.9 Å². The average Bonchev–Trinajstić information content (AvgIpc) is 2.29. The predicted molar refractivity (Wildman–Crippen MR) is 75.3 cm³/mol. The van der Waals surface area contributed by atoms with Gasteiger partial charge in [0.1, 0.15) is 4.90 Å². The van der Waals surface area contributed by atoms with Gasteiger partial charge < -0.3 is 10.6 Å². The van der Waals surface area contributed by atoms with E-state index >= 15 is 0 Å². The number of hydrogen-bond acceptors (Lipinski definition) is 4. The highest BCUT2D eigenvalue weighted by molar-refractivity contribution is 7.89. The summed E-state index contributed by atoms with van der Waals surface area (Å²) < 4.78 is 26.5. The Morgan fingerprint density at radius 3 is 2.17 bits per heavy atom. The molecule has 0 aliphatic heterocycles. The molecule has 1 aromatic carbocycles. The number of nitrogens with two attached hydrogens (primary N) is 1. The molecule has 102 valence electrons. The van der Waals surface area contributed by atoms with Gasteiger partial charge in [-0.3, -0.25) is 0 Å². The van der Waals surface area contributed by atoms with E-state index in [1.165, 1.54) is 10.4 Å². The highest BCUT2D eigenvalue weighted by Crippen LogP contribution is 2.28. The summed E-state index contributed by atoms with van der Waals surface area (Å²) in [5, 5.41) is 0. The molecule has 0 atom stereocenters. The van der Waals surface area contributed by atoms with Crippen LogP contribution in [0, 0.1) is 0 Å². The topological polar surface area (TPSA) is 66.6 Å². The monoisotopic (exact) mass is 271 g/mol. The lowest BCUT2D eigenvalue weighted by Gasteiger charge is -2.23. The Hall–Kier alpha value is -1.27. The Labute approximate surface area is 109 Å². The van der Waals surface area contributed by atoms with E-state index in [0.717, 1.165) is 0 Å². The molecule has 1 aromatic rings. The molecule has 0 unspecified atom stereocenters. The molecule has 1 rings (SSSR count). The third-order valence-electron chi connectivity index (χ3n) is 2.79. The summed E-state index contributed by atoms with van der Waals surface area (Å²) in [7, 11) is 0.137. The molecule has 0 saturated carbocycles. The van der Waals surface area contributed by atoms with Crippen LogP contribution < -0.4 is 10.6 Å². The van der Waals surface area contributed by atoms with Crippen LogP contribution in [0.25, 0.3) is 0 Å². The maximum Gasteiger partial charge on any atom is 0.245 e. The maximum absolute atomic E-state index is 12.5. The highest BCUT2D eigenvalue weighted by Gasteiger charge is 2.25. The first-order chi connectivity index (χ1) is 8.34. The summed E-state index contributed by atoms with van der Waals surface area (Å²) >= 11 is 0. The second-order valence-electron chi connectivity index (χ2n) is 4.21. The lowest BCUT2D eigenvalue weighted by atomic mass is 10.3. The van der Waals surface area contributed by atoms with Gasteiger partial charge in [-0.2, -0.15) is 4.31 Å². The summed E-state index contributed by atoms with van der Waals surface area (Å²) in [6.45, 7) is 4.53. The fraction of sp³-hybridized carbons (Fsp3) is 0.500. The minimum Gasteiger partial charge on any atom is -0.399 e. The molecule has 0 spiro atoms. The second kappa shape index (κ2) is 5.58. The Morgan fingerprint density at radius 1 is 1.17 bits per heavy atom. The number of hydrogen-bond donors (Lipinski definition) is 1. The van der Waals surface area contributed by atoms with Gasteiger partial charge in [0.2, 0.25) is 10.0 Å². The molecule has 0 aromatic heterocycles. The standard InChI is InChI=1S/C12H21N3O2S/c1-5-15(6-2)18(16,17)12-9-10(13)7-8-11(12)14(3)4/h7-9H,5-6,13H2,1-4H3. The SMILES string of the molecule is CCN(CC)S(=O)(=O)c1cc(N)ccc1N(C)C. The zero-order valence-electron chi connectivity index (χ0n) is 11.3. The lowest BCUT2D eigenvalue weighted by Crippen LogP contribution is -2.31. The minimum atomic E-state index is -3.49. The molecule has 5 nitrogen and oxygen atoms in total. The lowest BCUT2D eigenvalue weighted by molar-refractivity contribution is 0.445. The number of nitrogen functional groups attached to an aromatic ring is 1. The van der Waals surface area contributed by atoms with Crippen molar-refractivity contribution in [2.75, 3.05) is 37.8 Å². The summed E-state index contributed by atoms with van der Waals surface area (Å²) in [5.74, 6) is 0. The third kappa shape index (κ3) is 2.76. The van der Waals surface area contributed by atoms with Crippen LogP contribution >= 0.6 is 0 Å². The fourth-order valence-corrected chi connectivity index (χ4v) is 3.57. The molecule has 0 bridgehead atoms. The van der Waals surface area contributed by atoms with Crippen LogP contribution in [0.1, 0.15) is 13.8 Å². The number of nitrogens with zero attached hydrogens (tertiary/aromatic N) is 2. The Morgan fingerprint density at radius 2 is 1.72 bits per heavy atom. The van der Waals surface area contributed by atoms with E-state index in [9.17, 15) is 8.42 Å². The van der Waals surface area contributed by atoms with E-state index in [0.29, 0.717) is 24.5 Å². The largest absolute Gasteiger partial charge is 0.399 e. The van der Waals surface area contributed by atoms with E-state index in [4.69, 9.17) is 5.73 Å². The van der Waals surface area contributed by atoms with Gasteiger partial charge in [-0.1, -0.05) is 13.8 Å². The summed E-state index contributed by atoms with van der Waals surface area (Å²) in [4.78, 5) is 2.03. The maximum atomic E-state index is 12.5. The van der Waals surface area contributed by atoms with Gasteiger partial charge >= 0.3 is 0 Å². The Bertz CT molecular complexity index is 508. The van der Waals surface area contributed by atoms with Gasteiger partial charge in [0.25, 0.3) is 0 Å². The van der Waals surface area contributed by atoms with E-state index < -0.39 is 10.0 Å². The van der Waals surface area contributed by atoms with Gasteiger partial charge in [0.05, 0.1) is 5.69 Å². The quantitative estimate of drug-likeness (QED) is 0.821. The van der Waals surface area contributed by atoms with Crippen molar-refractivity contribution in [3.8, 4) is 0 Å². The summed E-state index contributed by atoms with van der Waals surface area (Å²) in [5.41, 5.74) is 6.81. The van der Waals surface area contributed by atoms with Crippen LogP contribution in [-0.2, 0) is 10.0 Å². The number of benzene rings is 1. The molecular formula is C12H21N3O2S. The van der Waals surface area contributed by atoms with Crippen LogP contribution in [0.2, 0.25) is 0 Å². The smallest absolute Gasteiger partial charge is 0.245 e. The van der Waals surface area contributed by atoms with Crippen molar-refractivity contribution in [1.82, 2.24) is 4.31 Å². The summed E-state index contributed by atoms with van der Waals surface area (Å²) in [6, 6.07) is 4.95. The molecule has 0 aliphatic carbocycles. The predicted octanol–water partition coefficient (Wildman–Crippen LogP) is 1.37. The zero-order chi connectivity index (χ0) is 13.9. The Kier molecular flexibility index (Phi) is 4.59. The van der Waals surface area contributed by atoms with Crippen molar-refractivity contribution in [3.05, 3.63) is 18.2 Å². The van der Waals surface area contributed by atoms with Crippen molar-refractivity contribution in [1.29, 1.82) is 0 Å². The molecule has 0 saturated heterocycles. The van der Waals surface area contributed by atoms with Gasteiger partial charge in [0.15, 0.2) is 0 Å². The third-order valence-corrected chi connectivity index (χ3v) is 4.87. The normalized spacial score (nSPS) is 11.8. The zero-order valence-corrected chi connectivity index (χ0v) is 12.2. The molecule has 0 aliphatic rings. The number of anilines is 2. The molecule has 6 heteroatoms. The van der Waals surface area contributed by atoms with Crippen molar-refractivity contribution < 1.29 is 8.42 Å². The first kappa shape index (κ1) is 14.8. The summed E-state index contributed by atoms with van der Waals surface area (Å²) in [6.07, 6.45) is 0. The number of rotatable bonds is 5. The molecular weight excluding hydrogens is 250 g/mol. The van der Waals surface area contributed by atoms with Gasteiger partial charge in [-0.25, -0.2) is 8.42 Å². The molecule has 18 heavy (non-hydrogen) atoms. The van der Waals surface area contributed by atoms with Crippen LogP contribution in [0.15, 0.2) is 23.1 Å². The van der Waals surface area contributed by atoms with Crippen LogP contribution in [0.4, 0.5) is 11.4 Å². The van der Waals surface area contributed by atoms with Crippen LogP contribution in [-0.4, -0.2) is 39.9 Å². The molecule has 0 fully saturated rings. The van der Waals surface area contributed by atoms with Crippen LogP contribution in [0.5, 0.6) is 0 Å². The minimum absolute atomic E-state index is 0.260. The van der Waals surface area contributed by atoms with Gasteiger partial charge in [-0.05, 0) is 18.2 Å². The second-order valence-corrected chi connectivity index (χ2v) is 6.12. The van der Waals surface area contributed by atoms with E-state index in [-0.39, 0.29) is 4.90 Å². The molecule has 0 heterocycles. The average molecular weight is 271 g/mol. The van der Waals surface area contributed by atoms with Crippen molar-refractivity contribution in [2.24, 2.45) is 0 Å². The molecule has 0 amide bonds. The number of sulfonamides is 1. The van der Waals surface area contributed by atoms with E-state index in [2.05, 4.69) is 0 Å². The van der Waals surface area contributed by atoms with E-state index in [1.54, 1.807) is 17.0 Å². The van der Waals surface area contributed by atoms with Crippen molar-refractivity contribution in [2.45, 2.75) is 18.7 Å². The highest BCUT2D eigenvalue weighted by atomic mass is 32.2. The van der Waals surface area contributed by atoms with E-state index in [1.807, 2.05) is 27.9 Å². The van der Waals surface area contributed by atoms with Crippen molar-refractivity contribution in [3.63, 3.8) is 0 Å². The fourth-order valence-electron chi connectivity index (χ4n) is 1.81. The van der Waals surface area contributed by atoms with Gasteiger partial charge in [-0.15, -0.1) is 0 Å².